The summed E-state index contributed by atoms with van der Waals surface area (Å²) in [4.78, 5) is 11.3. The lowest BCUT2D eigenvalue weighted by Crippen LogP contribution is -2.13. The molecule has 0 radical (unpaired) electrons. The molecule has 0 heterocycles. The molecule has 58 valence electrons. The fourth-order valence-electron chi connectivity index (χ4n) is 1.19. The summed E-state index contributed by atoms with van der Waals surface area (Å²) in [6, 6.07) is 0. The number of rotatable bonds is 2. The van der Waals surface area contributed by atoms with Gasteiger partial charge in [0.1, 0.15) is 5.78 Å². The maximum Gasteiger partial charge on any atom is 0.132 e. The molecule has 1 heteroatoms. The van der Waals surface area contributed by atoms with Crippen molar-refractivity contribution < 1.29 is 10.3 Å². The number of Topliss-reactive ketones (excluding diaryl/α,β-unsaturated/α-hetero) is 1. The van der Waals surface area contributed by atoms with Gasteiger partial charge in [-0.3, -0.25) is 4.79 Å². The summed E-state index contributed by atoms with van der Waals surface area (Å²) in [7, 11) is 0. The van der Waals surface area contributed by atoms with Crippen LogP contribution in [0.5, 0.6) is 0 Å². The first kappa shape index (κ1) is 3.89. The van der Waals surface area contributed by atoms with Gasteiger partial charge in [0.25, 0.3) is 0 Å². The maximum absolute atomic E-state index is 11.3. The molecule has 0 aliphatic heterocycles. The summed E-state index contributed by atoms with van der Waals surface area (Å²) in [6.07, 6.45) is -2.16. The van der Waals surface area contributed by atoms with Crippen LogP contribution in [0.4, 0.5) is 0 Å². The highest BCUT2D eigenvalue weighted by Crippen LogP contribution is 2.24. The second-order valence-corrected chi connectivity index (χ2v) is 2.72. The van der Waals surface area contributed by atoms with Crippen molar-refractivity contribution in [3.05, 3.63) is 0 Å². The van der Waals surface area contributed by atoms with Crippen LogP contribution in [0, 0.1) is 5.92 Å². The first-order chi connectivity index (χ1) is 6.34. The maximum atomic E-state index is 11.3. The second-order valence-electron chi connectivity index (χ2n) is 2.72. The Morgan fingerprint density at radius 3 is 3.30 bits per heavy atom. The third-order valence-electron chi connectivity index (χ3n) is 1.77. The zero-order chi connectivity index (χ0) is 11.0. The summed E-state index contributed by atoms with van der Waals surface area (Å²) in [6.45, 7) is 1.95. The molecule has 1 nitrogen and oxygen atoms in total. The third kappa shape index (κ3) is 2.13. The fourth-order valence-corrected chi connectivity index (χ4v) is 1.19. The van der Waals surface area contributed by atoms with Gasteiger partial charge < -0.3 is 0 Å². The minimum atomic E-state index is -2.30. The first-order valence-corrected chi connectivity index (χ1v) is 3.87. The number of hydrogen-bond donors (Lipinski definition) is 0. The first-order valence-electron chi connectivity index (χ1n) is 5.87. The summed E-state index contributed by atoms with van der Waals surface area (Å²) in [5.74, 6) is -0.907. The standard InChI is InChI=1S/C9H16O/c1-2-3-8-4-6-9(10)7-5-8/h8H,2-7H2,1H3/i4D2,6D2. The normalized spacial score (nSPS) is 42.9. The molecule has 1 fully saturated rings. The van der Waals surface area contributed by atoms with Crippen molar-refractivity contribution in [2.24, 2.45) is 5.92 Å². The van der Waals surface area contributed by atoms with Gasteiger partial charge in [-0.15, -0.1) is 0 Å². The van der Waals surface area contributed by atoms with Gasteiger partial charge in [0.15, 0.2) is 0 Å². The van der Waals surface area contributed by atoms with Gasteiger partial charge in [-0.1, -0.05) is 19.8 Å². The van der Waals surface area contributed by atoms with E-state index in [0.29, 0.717) is 12.8 Å². The summed E-state index contributed by atoms with van der Waals surface area (Å²) in [5.41, 5.74) is 0. The molecule has 0 amide bonds. The molecule has 0 bridgehead atoms. The van der Waals surface area contributed by atoms with Crippen LogP contribution in [0.1, 0.15) is 50.8 Å². The minimum absolute atomic E-state index is 0.178. The number of carbonyl (C=O) groups is 1. The van der Waals surface area contributed by atoms with Gasteiger partial charge in [-0.05, 0) is 18.7 Å². The van der Waals surface area contributed by atoms with Crippen LogP contribution in [0.15, 0.2) is 0 Å². The van der Waals surface area contributed by atoms with Crippen molar-refractivity contribution in [3.63, 3.8) is 0 Å². The van der Waals surface area contributed by atoms with Gasteiger partial charge in [-0.2, -0.15) is 0 Å². The number of ketones is 1. The van der Waals surface area contributed by atoms with Crippen LogP contribution >= 0.6 is 0 Å². The lowest BCUT2D eigenvalue weighted by Gasteiger charge is -2.19. The van der Waals surface area contributed by atoms with E-state index in [4.69, 9.17) is 5.48 Å². The van der Waals surface area contributed by atoms with Crippen LogP contribution in [0.2, 0.25) is 0 Å². The molecule has 1 unspecified atom stereocenters. The summed E-state index contributed by atoms with van der Waals surface area (Å²) in [5, 5.41) is 0. The van der Waals surface area contributed by atoms with E-state index in [2.05, 4.69) is 0 Å². The number of carbonyl (C=O) groups excluding carboxylic acids is 1. The summed E-state index contributed by atoms with van der Waals surface area (Å²) < 4.78 is 30.4. The Morgan fingerprint density at radius 1 is 1.80 bits per heavy atom. The highest BCUT2D eigenvalue weighted by atomic mass is 16.1. The zero-order valence-corrected chi connectivity index (χ0v) is 6.31. The van der Waals surface area contributed by atoms with Crippen LogP contribution < -0.4 is 0 Å². The van der Waals surface area contributed by atoms with Crippen LogP contribution in [0.3, 0.4) is 0 Å². The molecule has 1 saturated carbocycles. The SMILES string of the molecule is [2H]C1([2H])C(=O)CCC(CCC)C1([2H])[2H]. The van der Waals surface area contributed by atoms with Gasteiger partial charge in [-0.25, -0.2) is 0 Å². The molecule has 1 aliphatic rings. The Morgan fingerprint density at radius 2 is 2.60 bits per heavy atom. The van der Waals surface area contributed by atoms with E-state index in [0.717, 1.165) is 6.42 Å². The topological polar surface area (TPSA) is 17.1 Å². The monoisotopic (exact) mass is 144 g/mol. The van der Waals surface area contributed by atoms with Crippen molar-refractivity contribution in [1.29, 1.82) is 0 Å². The molecular formula is C9H16O. The molecule has 0 aromatic rings. The van der Waals surface area contributed by atoms with Crippen LogP contribution in [0.25, 0.3) is 0 Å². The van der Waals surface area contributed by atoms with Gasteiger partial charge in [0, 0.05) is 18.3 Å². The lowest BCUT2D eigenvalue weighted by atomic mass is 9.86. The number of hydrogen-bond acceptors (Lipinski definition) is 1. The highest BCUT2D eigenvalue weighted by Gasteiger charge is 2.16. The average Bonchev–Trinajstić information content (AvgIpc) is 2.08. The third-order valence-corrected chi connectivity index (χ3v) is 1.77. The molecular weight excluding hydrogens is 124 g/mol. The molecule has 0 spiro atoms. The second kappa shape index (κ2) is 3.75. The molecule has 0 N–H and O–H groups in total. The van der Waals surface area contributed by atoms with Gasteiger partial charge >= 0.3 is 0 Å². The molecule has 1 rings (SSSR count). The Hall–Kier alpha value is -0.330. The van der Waals surface area contributed by atoms with Crippen molar-refractivity contribution in [3.8, 4) is 0 Å². The molecule has 0 aromatic carbocycles. The molecule has 10 heavy (non-hydrogen) atoms. The quantitative estimate of drug-likeness (QED) is 0.582. The van der Waals surface area contributed by atoms with Gasteiger partial charge in [0.2, 0.25) is 0 Å². The molecule has 1 atom stereocenters. The van der Waals surface area contributed by atoms with E-state index >= 15 is 0 Å². The van der Waals surface area contributed by atoms with Crippen molar-refractivity contribution >= 4 is 5.78 Å². The van der Waals surface area contributed by atoms with Gasteiger partial charge in [0.05, 0.1) is 0 Å². The van der Waals surface area contributed by atoms with Crippen LogP contribution in [-0.4, -0.2) is 5.78 Å². The summed E-state index contributed by atoms with van der Waals surface area (Å²) >= 11 is 0. The highest BCUT2D eigenvalue weighted by molar-refractivity contribution is 5.78. The predicted molar refractivity (Wildman–Crippen MR) is 41.9 cm³/mol. The van der Waals surface area contributed by atoms with Crippen molar-refractivity contribution in [1.82, 2.24) is 0 Å². The van der Waals surface area contributed by atoms with E-state index in [1.165, 1.54) is 0 Å². The predicted octanol–water partition coefficient (Wildman–Crippen LogP) is 2.55. The minimum Gasteiger partial charge on any atom is -0.300 e. The Balaban J connectivity index is 2.91. The largest absolute Gasteiger partial charge is 0.300 e. The Bertz CT molecular complexity index is 237. The van der Waals surface area contributed by atoms with Crippen molar-refractivity contribution in [2.45, 2.75) is 45.4 Å². The zero-order valence-electron chi connectivity index (χ0n) is 10.3. The van der Waals surface area contributed by atoms with E-state index in [1.807, 2.05) is 6.92 Å². The van der Waals surface area contributed by atoms with E-state index in [1.54, 1.807) is 0 Å². The van der Waals surface area contributed by atoms with E-state index in [9.17, 15) is 4.79 Å². The molecule has 0 aromatic heterocycles. The lowest BCUT2D eigenvalue weighted by molar-refractivity contribution is -0.121. The van der Waals surface area contributed by atoms with E-state index in [-0.39, 0.29) is 12.3 Å². The smallest absolute Gasteiger partial charge is 0.132 e. The van der Waals surface area contributed by atoms with Crippen LogP contribution in [-0.2, 0) is 4.79 Å². The Labute approximate surface area is 68.4 Å². The average molecular weight is 144 g/mol. The van der Waals surface area contributed by atoms with E-state index < -0.39 is 18.5 Å². The molecule has 1 aliphatic carbocycles. The Kier molecular flexibility index (Phi) is 1.46. The fraction of sp³-hybridized carbons (Fsp3) is 0.889. The van der Waals surface area contributed by atoms with Crippen molar-refractivity contribution in [2.75, 3.05) is 0 Å². The molecule has 0 saturated heterocycles.